The largest absolute Gasteiger partial charge is 0.411 e. The van der Waals surface area contributed by atoms with Crippen molar-refractivity contribution in [2.75, 3.05) is 13.1 Å². The van der Waals surface area contributed by atoms with Gasteiger partial charge in [0.05, 0.1) is 11.3 Å². The number of oxime groups is 1. The Labute approximate surface area is 80.2 Å². The minimum Gasteiger partial charge on any atom is -0.411 e. The minimum absolute atomic E-state index is 0.233. The molecular formula is C9H21N3O. The van der Waals surface area contributed by atoms with Gasteiger partial charge in [-0.15, -0.1) is 0 Å². The molecule has 13 heavy (non-hydrogen) atoms. The van der Waals surface area contributed by atoms with Gasteiger partial charge >= 0.3 is 0 Å². The van der Waals surface area contributed by atoms with Crippen molar-refractivity contribution in [3.05, 3.63) is 0 Å². The number of rotatable bonds is 6. The maximum Gasteiger partial charge on any atom is 0.0734 e. The third-order valence-corrected chi connectivity index (χ3v) is 2.25. The summed E-state index contributed by atoms with van der Waals surface area (Å²) < 4.78 is 0. The molecule has 0 saturated carbocycles. The number of unbranched alkanes of at least 4 members (excludes halogenated alkanes) is 1. The van der Waals surface area contributed by atoms with Gasteiger partial charge in [0.25, 0.3) is 0 Å². The lowest BCUT2D eigenvalue weighted by atomic mass is 9.99. The molecule has 0 aromatic rings. The molecule has 0 saturated heterocycles. The Balaban J connectivity index is 3.76. The van der Waals surface area contributed by atoms with Crippen LogP contribution in [0, 0.1) is 0 Å². The topological polar surface area (TPSA) is 70.6 Å². The molecule has 4 nitrogen and oxygen atoms in total. The molecule has 4 N–H and O–H groups in total. The van der Waals surface area contributed by atoms with Crippen molar-refractivity contribution in [3.8, 4) is 0 Å². The Kier molecular flexibility index (Phi) is 5.66. The van der Waals surface area contributed by atoms with E-state index in [0.717, 1.165) is 25.9 Å². The van der Waals surface area contributed by atoms with E-state index in [1.165, 1.54) is 0 Å². The molecule has 0 spiro atoms. The predicted molar refractivity (Wildman–Crippen MR) is 55.3 cm³/mol. The van der Waals surface area contributed by atoms with E-state index in [-0.39, 0.29) is 5.54 Å². The van der Waals surface area contributed by atoms with Gasteiger partial charge in [0, 0.05) is 0 Å². The van der Waals surface area contributed by atoms with Crippen LogP contribution < -0.4 is 11.1 Å². The molecule has 0 aromatic carbocycles. The minimum atomic E-state index is -0.233. The van der Waals surface area contributed by atoms with E-state index >= 15 is 0 Å². The van der Waals surface area contributed by atoms with E-state index in [2.05, 4.69) is 10.5 Å². The molecule has 0 rings (SSSR count). The highest BCUT2D eigenvalue weighted by Gasteiger charge is 2.20. The Morgan fingerprint density at radius 2 is 2.08 bits per heavy atom. The molecule has 4 heteroatoms. The van der Waals surface area contributed by atoms with Crippen molar-refractivity contribution >= 4 is 5.71 Å². The fourth-order valence-electron chi connectivity index (χ4n) is 0.923. The predicted octanol–water partition coefficient (Wildman–Crippen LogP) is 0.944. The summed E-state index contributed by atoms with van der Waals surface area (Å²) in [4.78, 5) is 0. The third kappa shape index (κ3) is 4.85. The lowest BCUT2D eigenvalue weighted by Crippen LogP contribution is -2.46. The molecule has 0 heterocycles. The number of hydrogen-bond donors (Lipinski definition) is 3. The average molecular weight is 187 g/mol. The van der Waals surface area contributed by atoms with E-state index in [9.17, 15) is 0 Å². The van der Waals surface area contributed by atoms with Gasteiger partial charge in [0.2, 0.25) is 0 Å². The van der Waals surface area contributed by atoms with Gasteiger partial charge in [-0.2, -0.15) is 0 Å². The molecule has 0 bridgehead atoms. The van der Waals surface area contributed by atoms with E-state index in [1.54, 1.807) is 6.92 Å². The first kappa shape index (κ1) is 12.4. The first-order valence-corrected chi connectivity index (χ1v) is 4.69. The molecule has 0 aromatic heterocycles. The normalized spacial score (nSPS) is 13.4. The molecule has 0 unspecified atom stereocenters. The molecule has 0 aliphatic heterocycles. The summed E-state index contributed by atoms with van der Waals surface area (Å²) in [7, 11) is 0. The van der Waals surface area contributed by atoms with Gasteiger partial charge < -0.3 is 16.3 Å². The summed E-state index contributed by atoms with van der Waals surface area (Å²) in [6.45, 7) is 7.41. The van der Waals surface area contributed by atoms with Gasteiger partial charge in [0.15, 0.2) is 0 Å². The maximum atomic E-state index is 8.60. The second kappa shape index (κ2) is 5.94. The number of hydrogen-bond acceptors (Lipinski definition) is 4. The second-order valence-electron chi connectivity index (χ2n) is 3.73. The fraction of sp³-hybridized carbons (Fsp3) is 0.889. The smallest absolute Gasteiger partial charge is 0.0734 e. The number of nitrogens with zero attached hydrogens (tertiary/aromatic N) is 1. The van der Waals surface area contributed by atoms with E-state index < -0.39 is 0 Å². The van der Waals surface area contributed by atoms with Crippen LogP contribution in [-0.2, 0) is 0 Å². The van der Waals surface area contributed by atoms with E-state index in [0.29, 0.717) is 5.71 Å². The van der Waals surface area contributed by atoms with Crippen LogP contribution in [0.1, 0.15) is 33.6 Å². The third-order valence-electron chi connectivity index (χ3n) is 2.25. The van der Waals surface area contributed by atoms with E-state index in [1.807, 2.05) is 13.8 Å². The average Bonchev–Trinajstić information content (AvgIpc) is 2.11. The first-order chi connectivity index (χ1) is 6.04. The maximum absolute atomic E-state index is 8.60. The standard InChI is InChI=1S/C9H21N3O/c1-8(12-13)9(2,3)11-7-5-4-6-10/h11,13H,4-7,10H2,1-3H3. The lowest BCUT2D eigenvalue weighted by molar-refractivity contribution is 0.310. The Morgan fingerprint density at radius 3 is 2.54 bits per heavy atom. The van der Waals surface area contributed by atoms with Crippen molar-refractivity contribution < 1.29 is 5.21 Å². The van der Waals surface area contributed by atoms with Gasteiger partial charge in [0.1, 0.15) is 0 Å². The number of nitrogens with one attached hydrogen (secondary N) is 1. The molecule has 0 atom stereocenters. The van der Waals surface area contributed by atoms with E-state index in [4.69, 9.17) is 10.9 Å². The van der Waals surface area contributed by atoms with Gasteiger partial charge in [-0.05, 0) is 46.7 Å². The highest BCUT2D eigenvalue weighted by Crippen LogP contribution is 2.05. The molecule has 0 aliphatic rings. The van der Waals surface area contributed by atoms with Crippen LogP contribution in [0.15, 0.2) is 5.16 Å². The molecule has 0 amide bonds. The van der Waals surface area contributed by atoms with Crippen molar-refractivity contribution in [2.45, 2.75) is 39.2 Å². The van der Waals surface area contributed by atoms with Crippen LogP contribution in [0.3, 0.4) is 0 Å². The highest BCUT2D eigenvalue weighted by atomic mass is 16.4. The molecule has 0 aliphatic carbocycles. The van der Waals surface area contributed by atoms with Crippen LogP contribution in [0.4, 0.5) is 0 Å². The van der Waals surface area contributed by atoms with Crippen LogP contribution >= 0.6 is 0 Å². The van der Waals surface area contributed by atoms with Crippen molar-refractivity contribution in [1.29, 1.82) is 0 Å². The first-order valence-electron chi connectivity index (χ1n) is 4.69. The Bertz CT molecular complexity index is 166. The molecule has 0 radical (unpaired) electrons. The van der Waals surface area contributed by atoms with Gasteiger partial charge in [-0.25, -0.2) is 0 Å². The van der Waals surface area contributed by atoms with Crippen molar-refractivity contribution in [1.82, 2.24) is 5.32 Å². The molecule has 78 valence electrons. The zero-order valence-corrected chi connectivity index (χ0v) is 8.80. The Morgan fingerprint density at radius 1 is 1.46 bits per heavy atom. The van der Waals surface area contributed by atoms with Gasteiger partial charge in [-0.1, -0.05) is 5.16 Å². The summed E-state index contributed by atoms with van der Waals surface area (Å²) in [5.41, 5.74) is 5.83. The molecular weight excluding hydrogens is 166 g/mol. The monoisotopic (exact) mass is 187 g/mol. The van der Waals surface area contributed by atoms with Crippen molar-refractivity contribution in [3.63, 3.8) is 0 Å². The number of nitrogens with two attached hydrogens (primary N) is 1. The summed E-state index contributed by atoms with van der Waals surface area (Å²) >= 11 is 0. The Hall–Kier alpha value is -0.610. The zero-order valence-electron chi connectivity index (χ0n) is 8.80. The fourth-order valence-corrected chi connectivity index (χ4v) is 0.923. The lowest BCUT2D eigenvalue weighted by Gasteiger charge is -2.25. The molecule has 0 fully saturated rings. The van der Waals surface area contributed by atoms with Crippen LogP contribution in [-0.4, -0.2) is 29.5 Å². The summed E-state index contributed by atoms with van der Waals surface area (Å²) in [6, 6.07) is 0. The highest BCUT2D eigenvalue weighted by molar-refractivity contribution is 5.90. The SMILES string of the molecule is CC(=NO)C(C)(C)NCCCCN. The quantitative estimate of drug-likeness (QED) is 0.251. The van der Waals surface area contributed by atoms with Gasteiger partial charge in [-0.3, -0.25) is 0 Å². The zero-order chi connectivity index (χ0) is 10.3. The second-order valence-corrected chi connectivity index (χ2v) is 3.73. The summed E-state index contributed by atoms with van der Waals surface area (Å²) in [5.74, 6) is 0. The van der Waals surface area contributed by atoms with Crippen LogP contribution in [0.25, 0.3) is 0 Å². The van der Waals surface area contributed by atoms with Crippen LogP contribution in [0.2, 0.25) is 0 Å². The van der Waals surface area contributed by atoms with Crippen molar-refractivity contribution in [2.24, 2.45) is 10.9 Å². The van der Waals surface area contributed by atoms with Crippen LogP contribution in [0.5, 0.6) is 0 Å². The summed E-state index contributed by atoms with van der Waals surface area (Å²) in [5, 5.41) is 15.1. The summed E-state index contributed by atoms with van der Waals surface area (Å²) in [6.07, 6.45) is 2.08.